The smallest absolute Gasteiger partial charge is 0.189 e. The molecule has 130 valence electrons. The molecule has 0 aliphatic heterocycles. The Bertz CT molecular complexity index is 777. The molecule has 0 bridgehead atoms. The van der Waals surface area contributed by atoms with Gasteiger partial charge in [-0.05, 0) is 35.9 Å². The molecule has 2 aromatic carbocycles. The highest BCUT2D eigenvalue weighted by Gasteiger charge is 2.10. The number of ether oxygens (including phenoxy) is 3. The summed E-state index contributed by atoms with van der Waals surface area (Å²) in [7, 11) is 3.02. The van der Waals surface area contributed by atoms with E-state index >= 15 is 0 Å². The van der Waals surface area contributed by atoms with Gasteiger partial charge in [0.1, 0.15) is 23.9 Å². The van der Waals surface area contributed by atoms with Gasteiger partial charge in [-0.15, -0.1) is 0 Å². The van der Waals surface area contributed by atoms with Crippen LogP contribution >= 0.6 is 0 Å². The van der Waals surface area contributed by atoms with E-state index in [-0.39, 0.29) is 5.78 Å². The number of ketones is 1. The number of carboxylic acids is 1. The van der Waals surface area contributed by atoms with E-state index in [0.29, 0.717) is 22.8 Å². The lowest BCUT2D eigenvalue weighted by Gasteiger charge is -2.08. The van der Waals surface area contributed by atoms with E-state index in [1.165, 1.54) is 20.3 Å². The van der Waals surface area contributed by atoms with Crippen LogP contribution in [-0.2, 0) is 4.79 Å². The largest absolute Gasteiger partial charge is 0.546 e. The maximum absolute atomic E-state index is 12.3. The van der Waals surface area contributed by atoms with E-state index in [0.717, 1.165) is 5.56 Å². The highest BCUT2D eigenvalue weighted by atomic mass is 16.5. The van der Waals surface area contributed by atoms with Crippen molar-refractivity contribution in [3.05, 3.63) is 59.7 Å². The molecule has 2 aromatic rings. The number of carbonyl (C=O) groups excluding carboxylic acids is 2. The number of allylic oxidation sites excluding steroid dienone is 1. The van der Waals surface area contributed by atoms with Crippen molar-refractivity contribution in [2.45, 2.75) is 0 Å². The molecule has 0 amide bonds. The standard InChI is InChI=1S/C19H18O6/c1-23-15-8-9-16(18(11-15)24-2)17(20)10-5-13-3-6-14(7-4-13)25-12-19(21)22/h3-11H,12H2,1-2H3,(H,21,22)/p-1/b10-5+. The van der Waals surface area contributed by atoms with Crippen LogP contribution in [0.1, 0.15) is 15.9 Å². The minimum atomic E-state index is -1.29. The van der Waals surface area contributed by atoms with Gasteiger partial charge in [-0.25, -0.2) is 0 Å². The van der Waals surface area contributed by atoms with Crippen molar-refractivity contribution in [1.29, 1.82) is 0 Å². The van der Waals surface area contributed by atoms with Crippen molar-refractivity contribution in [2.75, 3.05) is 20.8 Å². The second kappa shape index (κ2) is 8.54. The zero-order valence-corrected chi connectivity index (χ0v) is 13.9. The Balaban J connectivity index is 2.08. The molecule has 0 aliphatic carbocycles. The predicted molar refractivity (Wildman–Crippen MR) is 89.9 cm³/mol. The number of carbonyl (C=O) groups is 2. The van der Waals surface area contributed by atoms with Gasteiger partial charge in [-0.1, -0.05) is 18.2 Å². The monoisotopic (exact) mass is 341 g/mol. The fourth-order valence-electron chi connectivity index (χ4n) is 2.08. The zero-order chi connectivity index (χ0) is 18.2. The lowest BCUT2D eigenvalue weighted by molar-refractivity contribution is -0.307. The fraction of sp³-hybridized carbons (Fsp3) is 0.158. The Hall–Kier alpha value is -3.28. The molecule has 0 saturated heterocycles. The minimum Gasteiger partial charge on any atom is -0.546 e. The number of benzene rings is 2. The fourth-order valence-corrected chi connectivity index (χ4v) is 2.08. The van der Waals surface area contributed by atoms with Gasteiger partial charge >= 0.3 is 0 Å². The average molecular weight is 341 g/mol. The number of hydrogen-bond acceptors (Lipinski definition) is 6. The molecule has 0 fully saturated rings. The van der Waals surface area contributed by atoms with Crippen molar-refractivity contribution < 1.29 is 28.9 Å². The molecule has 2 rings (SSSR count). The van der Waals surface area contributed by atoms with Gasteiger partial charge in [0.25, 0.3) is 0 Å². The molecule has 0 saturated carbocycles. The van der Waals surface area contributed by atoms with Crippen LogP contribution in [0.2, 0.25) is 0 Å². The first-order valence-corrected chi connectivity index (χ1v) is 7.40. The molecule has 6 nitrogen and oxygen atoms in total. The minimum absolute atomic E-state index is 0.211. The van der Waals surface area contributed by atoms with Gasteiger partial charge < -0.3 is 24.1 Å². The molecule has 0 aliphatic rings. The SMILES string of the molecule is COc1ccc(C(=O)/C=C/c2ccc(OCC(=O)[O-])cc2)c(OC)c1. The van der Waals surface area contributed by atoms with E-state index in [1.54, 1.807) is 48.5 Å². The summed E-state index contributed by atoms with van der Waals surface area (Å²) in [4.78, 5) is 22.7. The Morgan fingerprint density at radius 1 is 1.00 bits per heavy atom. The Kier molecular flexibility index (Phi) is 6.17. The second-order valence-corrected chi connectivity index (χ2v) is 4.99. The van der Waals surface area contributed by atoms with Gasteiger partial charge in [-0.3, -0.25) is 4.79 Å². The molecule has 0 aromatic heterocycles. The van der Waals surface area contributed by atoms with Crippen LogP contribution < -0.4 is 19.3 Å². The summed E-state index contributed by atoms with van der Waals surface area (Å²) < 4.78 is 15.3. The molecule has 0 atom stereocenters. The van der Waals surface area contributed by atoms with Crippen LogP contribution in [0.4, 0.5) is 0 Å². The summed E-state index contributed by atoms with van der Waals surface area (Å²) in [5, 5.41) is 10.3. The molecule has 6 heteroatoms. The summed E-state index contributed by atoms with van der Waals surface area (Å²) in [6, 6.07) is 11.6. The molecule has 0 radical (unpaired) electrons. The third-order valence-corrected chi connectivity index (χ3v) is 3.34. The third kappa shape index (κ3) is 5.10. The van der Waals surface area contributed by atoms with Crippen LogP contribution in [0, 0.1) is 0 Å². The number of carboxylic acid groups (broad SMARTS) is 1. The maximum atomic E-state index is 12.3. The Morgan fingerprint density at radius 2 is 1.68 bits per heavy atom. The Labute approximate surface area is 145 Å². The van der Waals surface area contributed by atoms with E-state index < -0.39 is 12.6 Å². The van der Waals surface area contributed by atoms with Crippen molar-refractivity contribution in [3.8, 4) is 17.2 Å². The van der Waals surface area contributed by atoms with Crippen molar-refractivity contribution in [3.63, 3.8) is 0 Å². The van der Waals surface area contributed by atoms with E-state index in [4.69, 9.17) is 14.2 Å². The number of methoxy groups -OCH3 is 2. The topological polar surface area (TPSA) is 84.9 Å². The highest BCUT2D eigenvalue weighted by Crippen LogP contribution is 2.25. The van der Waals surface area contributed by atoms with Crippen LogP contribution in [0.25, 0.3) is 6.08 Å². The first-order chi connectivity index (χ1) is 12.0. The van der Waals surface area contributed by atoms with Crippen molar-refractivity contribution in [2.24, 2.45) is 0 Å². The summed E-state index contributed by atoms with van der Waals surface area (Å²) in [6.45, 7) is -0.509. The molecule has 0 N–H and O–H groups in total. The summed E-state index contributed by atoms with van der Waals surface area (Å²) >= 11 is 0. The quantitative estimate of drug-likeness (QED) is 0.537. The van der Waals surface area contributed by atoms with E-state index in [9.17, 15) is 14.7 Å². The average Bonchev–Trinajstić information content (AvgIpc) is 2.64. The molecule has 0 unspecified atom stereocenters. The second-order valence-electron chi connectivity index (χ2n) is 4.99. The van der Waals surface area contributed by atoms with E-state index in [1.807, 2.05) is 0 Å². The van der Waals surface area contributed by atoms with Crippen molar-refractivity contribution in [1.82, 2.24) is 0 Å². The first kappa shape index (κ1) is 18.1. The molecular weight excluding hydrogens is 324 g/mol. The number of hydrogen-bond donors (Lipinski definition) is 0. The number of rotatable bonds is 8. The normalized spacial score (nSPS) is 10.5. The number of aliphatic carboxylic acids is 1. The van der Waals surface area contributed by atoms with Gasteiger partial charge in [0.05, 0.1) is 25.8 Å². The van der Waals surface area contributed by atoms with Crippen LogP contribution in [0.15, 0.2) is 48.5 Å². The van der Waals surface area contributed by atoms with E-state index in [2.05, 4.69) is 0 Å². The van der Waals surface area contributed by atoms with Crippen molar-refractivity contribution >= 4 is 17.8 Å². The lowest BCUT2D eigenvalue weighted by atomic mass is 10.1. The highest BCUT2D eigenvalue weighted by molar-refractivity contribution is 6.08. The maximum Gasteiger partial charge on any atom is 0.189 e. The summed E-state index contributed by atoms with van der Waals surface area (Å²) in [5.74, 6) is -0.0613. The van der Waals surface area contributed by atoms with Gasteiger partial charge in [-0.2, -0.15) is 0 Å². The van der Waals surface area contributed by atoms with Gasteiger partial charge in [0, 0.05) is 6.07 Å². The van der Waals surface area contributed by atoms with Crippen LogP contribution in [0.3, 0.4) is 0 Å². The molecular formula is C19H17O6-. The Morgan fingerprint density at radius 3 is 2.28 bits per heavy atom. The van der Waals surface area contributed by atoms with Gasteiger partial charge in [0.2, 0.25) is 0 Å². The molecule has 25 heavy (non-hydrogen) atoms. The molecule has 0 spiro atoms. The zero-order valence-electron chi connectivity index (χ0n) is 13.9. The summed E-state index contributed by atoms with van der Waals surface area (Å²) in [6.07, 6.45) is 3.08. The van der Waals surface area contributed by atoms with Crippen LogP contribution in [-0.4, -0.2) is 32.6 Å². The molecule has 0 heterocycles. The predicted octanol–water partition coefficient (Wildman–Crippen LogP) is 1.73. The third-order valence-electron chi connectivity index (χ3n) is 3.34. The summed E-state index contributed by atoms with van der Waals surface area (Å²) in [5.41, 5.74) is 1.19. The van der Waals surface area contributed by atoms with Gasteiger partial charge in [0.15, 0.2) is 5.78 Å². The van der Waals surface area contributed by atoms with Crippen LogP contribution in [0.5, 0.6) is 17.2 Å². The first-order valence-electron chi connectivity index (χ1n) is 7.40. The lowest BCUT2D eigenvalue weighted by Crippen LogP contribution is -2.28.